The van der Waals surface area contributed by atoms with Crippen molar-refractivity contribution in [3.63, 3.8) is 0 Å². The minimum Gasteiger partial charge on any atom is -0.387 e. The van der Waals surface area contributed by atoms with Crippen LogP contribution in [0.3, 0.4) is 0 Å². The number of aliphatic hydroxyl groups is 1. The van der Waals surface area contributed by atoms with Crippen LogP contribution in [0.2, 0.25) is 0 Å². The van der Waals surface area contributed by atoms with Crippen molar-refractivity contribution in [3.05, 3.63) is 215 Å². The summed E-state index contributed by atoms with van der Waals surface area (Å²) in [5.74, 6) is -0.372. The van der Waals surface area contributed by atoms with Crippen LogP contribution in [0.25, 0.3) is 0 Å². The van der Waals surface area contributed by atoms with Crippen molar-refractivity contribution in [1.29, 1.82) is 0 Å². The molecule has 5 saturated heterocycles. The Hall–Kier alpha value is -5.77. The number of hydrogen-bond acceptors (Lipinski definition) is 15. The van der Waals surface area contributed by atoms with Gasteiger partial charge >= 0.3 is 0 Å². The first-order chi connectivity index (χ1) is 38.3. The molecule has 5 fully saturated rings. The zero-order valence-corrected chi connectivity index (χ0v) is 43.5. The van der Waals surface area contributed by atoms with Gasteiger partial charge < -0.3 is 72.0 Å². The van der Waals surface area contributed by atoms with Gasteiger partial charge in [-0.2, -0.15) is 0 Å². The molecule has 0 bridgehead atoms. The maximum atomic E-state index is 13.4. The molecule has 0 aliphatic carbocycles. The summed E-state index contributed by atoms with van der Waals surface area (Å²) in [4.78, 5) is 13.4. The molecule has 2 N–H and O–H groups in total. The number of carbonyl (C=O) groups excluding carboxylic acids is 1. The van der Waals surface area contributed by atoms with Crippen molar-refractivity contribution in [2.75, 3.05) is 13.2 Å². The molecule has 16 nitrogen and oxygen atoms in total. The summed E-state index contributed by atoms with van der Waals surface area (Å²) in [6.45, 7) is 4.24. The van der Waals surface area contributed by atoms with Crippen LogP contribution >= 0.6 is 0 Å². The Morgan fingerprint density at radius 3 is 1.36 bits per heavy atom. The van der Waals surface area contributed by atoms with E-state index in [0.29, 0.717) is 0 Å². The largest absolute Gasteiger partial charge is 0.387 e. The summed E-state index contributed by atoms with van der Waals surface area (Å²) >= 11 is 0. The number of ether oxygens (including phenoxy) is 13. The third-order valence-corrected chi connectivity index (χ3v) is 14.6. The van der Waals surface area contributed by atoms with E-state index < -0.39 is 105 Å². The molecule has 6 aromatic carbocycles. The zero-order valence-electron chi connectivity index (χ0n) is 43.5. The zero-order chi connectivity index (χ0) is 53.2. The monoisotopic (exact) mass is 1070 g/mol. The van der Waals surface area contributed by atoms with Gasteiger partial charge in [-0.15, -0.1) is 0 Å². The number of rotatable bonds is 19. The minimum absolute atomic E-state index is 0.0294. The fraction of sp³-hybridized carbons (Fsp3) is 0.403. The molecule has 17 atom stereocenters. The van der Waals surface area contributed by atoms with Crippen molar-refractivity contribution >= 4 is 5.91 Å². The van der Waals surface area contributed by atoms with Crippen molar-refractivity contribution < 1.29 is 71.5 Å². The SMILES string of the molecule is CC(=O)NC1C(OCc2ccccc2)OC2COC(c3ccccc3)OC2C1OC1OC2COC(c3ccccc3)OC2C(O)C1OC1OC(C)C(OCc2ccccc2)C(OCc2ccccc2)C1OCc1ccccc1. The lowest BCUT2D eigenvalue weighted by molar-refractivity contribution is -0.415. The van der Waals surface area contributed by atoms with Crippen LogP contribution in [0.15, 0.2) is 182 Å². The number of hydrogen-bond donors (Lipinski definition) is 2. The standard InChI is InChI=1S/C62H67NO15/c1-39-51(66-33-41-21-9-3-10-22-41)56(67-34-42-23-11-4-12-24-42)57(68-35-43-25-13-5-14-26-43)62(72-39)78-55-50(65)52-47(37-70-58(75-52)45-29-17-7-18-30-45)74-61(55)77-54-49(63-40(2)64)60(69-36-44-27-15-6-16-28-44)73-48-38-71-59(76-53(48)54)46-31-19-8-20-32-46/h3-32,39,47-62,65H,33-38H2,1-2H3,(H,63,64). The third-order valence-electron chi connectivity index (χ3n) is 14.6. The molecule has 16 heteroatoms. The lowest BCUT2D eigenvalue weighted by atomic mass is 9.93. The third kappa shape index (κ3) is 13.1. The lowest BCUT2D eigenvalue weighted by Crippen LogP contribution is -2.70. The van der Waals surface area contributed by atoms with Gasteiger partial charge in [0.2, 0.25) is 5.91 Å². The van der Waals surface area contributed by atoms with Crippen LogP contribution in [-0.2, 0) is 92.8 Å². The molecule has 0 radical (unpaired) electrons. The predicted octanol–water partition coefficient (Wildman–Crippen LogP) is 8.02. The van der Waals surface area contributed by atoms with Crippen LogP contribution in [0.4, 0.5) is 0 Å². The Balaban J connectivity index is 0.959. The highest BCUT2D eigenvalue weighted by atomic mass is 16.8. The Bertz CT molecular complexity index is 2750. The van der Waals surface area contributed by atoms with E-state index >= 15 is 0 Å². The highest BCUT2D eigenvalue weighted by Crippen LogP contribution is 2.42. The second kappa shape index (κ2) is 26.0. The van der Waals surface area contributed by atoms with E-state index in [9.17, 15) is 9.90 Å². The van der Waals surface area contributed by atoms with Gasteiger partial charge in [0.15, 0.2) is 31.5 Å². The topological polar surface area (TPSA) is 169 Å². The summed E-state index contributed by atoms with van der Waals surface area (Å²) in [7, 11) is 0. The van der Waals surface area contributed by atoms with E-state index in [1.807, 2.05) is 189 Å². The first kappa shape index (κ1) is 54.2. The molecule has 5 aliphatic heterocycles. The minimum atomic E-state index is -1.43. The Morgan fingerprint density at radius 2 is 0.859 bits per heavy atom. The van der Waals surface area contributed by atoms with Crippen LogP contribution < -0.4 is 5.32 Å². The van der Waals surface area contributed by atoms with Gasteiger partial charge in [-0.25, -0.2) is 0 Å². The highest BCUT2D eigenvalue weighted by molar-refractivity contribution is 5.73. The fourth-order valence-corrected chi connectivity index (χ4v) is 10.7. The van der Waals surface area contributed by atoms with Crippen LogP contribution in [0, 0.1) is 0 Å². The van der Waals surface area contributed by atoms with Crippen LogP contribution in [0.5, 0.6) is 0 Å². The van der Waals surface area contributed by atoms with Crippen molar-refractivity contribution in [3.8, 4) is 0 Å². The van der Waals surface area contributed by atoms with Gasteiger partial charge in [0.25, 0.3) is 0 Å². The molecule has 0 saturated carbocycles. The van der Waals surface area contributed by atoms with Gasteiger partial charge in [0.05, 0.1) is 45.7 Å². The Morgan fingerprint density at radius 1 is 0.462 bits per heavy atom. The first-order valence-corrected chi connectivity index (χ1v) is 26.8. The van der Waals surface area contributed by atoms with Crippen LogP contribution in [0.1, 0.15) is 59.8 Å². The highest BCUT2D eigenvalue weighted by Gasteiger charge is 2.58. The number of fused-ring (bicyclic) bond motifs is 2. The van der Waals surface area contributed by atoms with Gasteiger partial charge in [0.1, 0.15) is 67.1 Å². The normalized spacial score (nSPS) is 32.8. The maximum Gasteiger partial charge on any atom is 0.217 e. The van der Waals surface area contributed by atoms with E-state index in [0.717, 1.165) is 33.4 Å². The van der Waals surface area contributed by atoms with E-state index in [2.05, 4.69) is 5.32 Å². The number of benzene rings is 6. The molecule has 0 aromatic heterocycles. The molecule has 78 heavy (non-hydrogen) atoms. The second-order valence-corrected chi connectivity index (χ2v) is 20.1. The van der Waals surface area contributed by atoms with Crippen LogP contribution in [-0.4, -0.2) is 116 Å². The van der Waals surface area contributed by atoms with Crippen molar-refractivity contribution in [2.24, 2.45) is 0 Å². The summed E-state index contributed by atoms with van der Waals surface area (Å²) in [5, 5.41) is 16.1. The van der Waals surface area contributed by atoms with Crippen molar-refractivity contribution in [1.82, 2.24) is 5.32 Å². The summed E-state index contributed by atoms with van der Waals surface area (Å²) < 4.78 is 88.2. The lowest BCUT2D eigenvalue weighted by Gasteiger charge is -2.53. The average Bonchev–Trinajstić information content (AvgIpc) is 3.59. The maximum absolute atomic E-state index is 13.4. The first-order valence-electron chi connectivity index (χ1n) is 26.8. The quantitative estimate of drug-likeness (QED) is 0.0800. The predicted molar refractivity (Wildman–Crippen MR) is 281 cm³/mol. The molecule has 6 aromatic rings. The van der Waals surface area contributed by atoms with Gasteiger partial charge in [-0.05, 0) is 29.2 Å². The van der Waals surface area contributed by atoms with Gasteiger partial charge in [-0.3, -0.25) is 4.79 Å². The molecule has 1 amide bonds. The summed E-state index contributed by atoms with van der Waals surface area (Å²) in [6, 6.07) is 57.3. The van der Waals surface area contributed by atoms with E-state index in [1.54, 1.807) is 0 Å². The van der Waals surface area contributed by atoms with E-state index in [4.69, 9.17) is 61.6 Å². The Labute approximate surface area is 454 Å². The second-order valence-electron chi connectivity index (χ2n) is 20.1. The number of amides is 1. The average molecular weight is 1070 g/mol. The molecular weight excluding hydrogens is 999 g/mol. The molecule has 0 spiro atoms. The molecule has 17 unspecified atom stereocenters. The summed E-state index contributed by atoms with van der Waals surface area (Å²) in [6.07, 6.45) is -15.7. The number of nitrogens with one attached hydrogen (secondary N) is 1. The number of carbonyl (C=O) groups is 1. The van der Waals surface area contributed by atoms with Gasteiger partial charge in [-0.1, -0.05) is 182 Å². The molecule has 410 valence electrons. The molecule has 5 aliphatic rings. The Kier molecular flexibility index (Phi) is 18.1. The molecule has 11 rings (SSSR count). The van der Waals surface area contributed by atoms with E-state index in [1.165, 1.54) is 6.92 Å². The van der Waals surface area contributed by atoms with Gasteiger partial charge in [0, 0.05) is 18.1 Å². The summed E-state index contributed by atoms with van der Waals surface area (Å²) in [5.41, 5.74) is 5.23. The van der Waals surface area contributed by atoms with Crippen molar-refractivity contribution in [2.45, 2.75) is 145 Å². The van der Waals surface area contributed by atoms with E-state index in [-0.39, 0.29) is 45.5 Å². The molecule has 5 heterocycles. The number of aliphatic hydroxyl groups excluding tert-OH is 1. The smallest absolute Gasteiger partial charge is 0.217 e. The fourth-order valence-electron chi connectivity index (χ4n) is 10.7. The molecular formula is C62H67NO15.